The second-order valence-corrected chi connectivity index (χ2v) is 7.53. The molecule has 2 aromatic rings. The third-order valence-corrected chi connectivity index (χ3v) is 5.07. The number of aryl methyl sites for hydroxylation is 1. The van der Waals surface area contributed by atoms with Crippen LogP contribution in [-0.2, 0) is 17.7 Å². The second-order valence-electron chi connectivity index (χ2n) is 7.53. The molecular formula is C22H32N4O2. The zero-order valence-corrected chi connectivity index (χ0v) is 17.2. The van der Waals surface area contributed by atoms with Crippen LogP contribution in [0.3, 0.4) is 0 Å². The van der Waals surface area contributed by atoms with E-state index in [-0.39, 0.29) is 6.10 Å². The molecule has 3 rings (SSSR count). The average Bonchev–Trinajstić information content (AvgIpc) is 3.19. The maximum atomic E-state index is 6.16. The van der Waals surface area contributed by atoms with Gasteiger partial charge in [0.1, 0.15) is 0 Å². The van der Waals surface area contributed by atoms with Crippen molar-refractivity contribution in [2.24, 2.45) is 4.99 Å². The molecule has 1 heterocycles. The van der Waals surface area contributed by atoms with Gasteiger partial charge in [0.05, 0.1) is 18.3 Å². The number of nitrogens with one attached hydrogen (secondary N) is 2. The molecule has 1 aromatic heterocycles. The van der Waals surface area contributed by atoms with E-state index in [2.05, 4.69) is 58.9 Å². The Labute approximate surface area is 167 Å². The van der Waals surface area contributed by atoms with E-state index in [9.17, 15) is 0 Å². The van der Waals surface area contributed by atoms with Crippen molar-refractivity contribution in [1.29, 1.82) is 0 Å². The Bertz CT molecular complexity index is 769. The smallest absolute Gasteiger partial charge is 0.191 e. The largest absolute Gasteiger partial charge is 0.373 e. The Morgan fingerprint density at radius 2 is 2.18 bits per heavy atom. The summed E-state index contributed by atoms with van der Waals surface area (Å²) in [4.78, 5) is 4.25. The predicted octanol–water partition coefficient (Wildman–Crippen LogP) is 3.95. The summed E-state index contributed by atoms with van der Waals surface area (Å²) in [6, 6.07) is 10.6. The van der Waals surface area contributed by atoms with Gasteiger partial charge in [-0.05, 0) is 42.7 Å². The first kappa shape index (κ1) is 20.4. The van der Waals surface area contributed by atoms with Crippen molar-refractivity contribution < 1.29 is 9.26 Å². The van der Waals surface area contributed by atoms with E-state index in [1.54, 1.807) is 7.05 Å². The number of nitrogens with zero attached hydrogens (tertiary/aromatic N) is 2. The highest BCUT2D eigenvalue weighted by Gasteiger charge is 2.19. The Hall–Kier alpha value is -2.34. The summed E-state index contributed by atoms with van der Waals surface area (Å²) in [7, 11) is 1.77. The van der Waals surface area contributed by atoms with Crippen molar-refractivity contribution in [1.82, 2.24) is 15.8 Å². The van der Waals surface area contributed by atoms with E-state index in [4.69, 9.17) is 9.26 Å². The zero-order chi connectivity index (χ0) is 19.8. The second kappa shape index (κ2) is 10.3. The molecular weight excluding hydrogens is 352 g/mol. The highest BCUT2D eigenvalue weighted by Crippen LogP contribution is 2.32. The van der Waals surface area contributed by atoms with Gasteiger partial charge < -0.3 is 19.9 Å². The molecule has 6 heteroatoms. The summed E-state index contributed by atoms with van der Waals surface area (Å²) in [6.07, 6.45) is 4.66. The molecule has 0 saturated heterocycles. The number of ether oxygens (including phenoxy) is 1. The summed E-state index contributed by atoms with van der Waals surface area (Å²) in [5.41, 5.74) is 3.78. The van der Waals surface area contributed by atoms with Gasteiger partial charge in [0.15, 0.2) is 11.7 Å². The van der Waals surface area contributed by atoms with Gasteiger partial charge in [0.25, 0.3) is 0 Å². The van der Waals surface area contributed by atoms with Gasteiger partial charge >= 0.3 is 0 Å². The molecule has 0 radical (unpaired) electrons. The fourth-order valence-electron chi connectivity index (χ4n) is 3.46. The molecule has 1 aliphatic rings. The number of hydrogen-bond acceptors (Lipinski definition) is 4. The van der Waals surface area contributed by atoms with Crippen molar-refractivity contribution in [3.63, 3.8) is 0 Å². The van der Waals surface area contributed by atoms with Crippen LogP contribution in [0.25, 0.3) is 0 Å². The molecule has 152 valence electrons. The lowest BCUT2D eigenvalue weighted by atomic mass is 9.89. The summed E-state index contributed by atoms with van der Waals surface area (Å²) < 4.78 is 11.5. The fourth-order valence-corrected chi connectivity index (χ4v) is 3.46. The molecule has 6 nitrogen and oxygen atoms in total. The highest BCUT2D eigenvalue weighted by atomic mass is 16.5. The number of aromatic nitrogens is 1. The van der Waals surface area contributed by atoms with Gasteiger partial charge in [-0.25, -0.2) is 0 Å². The highest BCUT2D eigenvalue weighted by molar-refractivity contribution is 5.79. The summed E-state index contributed by atoms with van der Waals surface area (Å²) in [6.45, 7) is 6.31. The van der Waals surface area contributed by atoms with Crippen LogP contribution in [0.5, 0.6) is 0 Å². The van der Waals surface area contributed by atoms with Crippen molar-refractivity contribution in [3.05, 3.63) is 52.9 Å². The minimum Gasteiger partial charge on any atom is -0.373 e. The van der Waals surface area contributed by atoms with E-state index in [1.807, 2.05) is 6.07 Å². The van der Waals surface area contributed by atoms with Crippen molar-refractivity contribution in [2.45, 2.75) is 58.1 Å². The van der Waals surface area contributed by atoms with Gasteiger partial charge in [-0.3, -0.25) is 4.99 Å². The van der Waals surface area contributed by atoms with Crippen molar-refractivity contribution in [3.8, 4) is 0 Å². The molecule has 0 amide bonds. The lowest BCUT2D eigenvalue weighted by Crippen LogP contribution is -2.37. The number of benzene rings is 1. The molecule has 0 aliphatic heterocycles. The first-order valence-corrected chi connectivity index (χ1v) is 10.3. The molecule has 0 bridgehead atoms. The number of aliphatic imine (C=N–C) groups is 1. The van der Waals surface area contributed by atoms with Crippen LogP contribution in [0.2, 0.25) is 0 Å². The van der Waals surface area contributed by atoms with Crippen LogP contribution in [0.15, 0.2) is 39.8 Å². The van der Waals surface area contributed by atoms with E-state index in [1.165, 1.54) is 24.0 Å². The van der Waals surface area contributed by atoms with Crippen LogP contribution in [0, 0.1) is 0 Å². The van der Waals surface area contributed by atoms with Crippen LogP contribution >= 0.6 is 0 Å². The van der Waals surface area contributed by atoms with Crippen LogP contribution < -0.4 is 10.6 Å². The first-order chi connectivity index (χ1) is 13.7. The zero-order valence-electron chi connectivity index (χ0n) is 17.2. The Kier molecular flexibility index (Phi) is 7.48. The fraction of sp³-hybridized carbons (Fsp3) is 0.545. The molecule has 2 N–H and O–H groups in total. The van der Waals surface area contributed by atoms with Crippen LogP contribution in [0.4, 0.5) is 0 Å². The molecule has 0 spiro atoms. The van der Waals surface area contributed by atoms with Gasteiger partial charge in [0.2, 0.25) is 0 Å². The van der Waals surface area contributed by atoms with Gasteiger partial charge in [-0.2, -0.15) is 0 Å². The lowest BCUT2D eigenvalue weighted by Gasteiger charge is -2.25. The lowest BCUT2D eigenvalue weighted by molar-refractivity contribution is 0.0398. The Balaban J connectivity index is 1.35. The van der Waals surface area contributed by atoms with Gasteiger partial charge in [0, 0.05) is 26.3 Å². The third-order valence-electron chi connectivity index (χ3n) is 5.07. The minimum absolute atomic E-state index is 0.240. The van der Waals surface area contributed by atoms with Crippen LogP contribution in [-0.4, -0.2) is 31.3 Å². The molecule has 0 saturated carbocycles. The normalized spacial score (nSPS) is 16.9. The molecule has 0 fully saturated rings. The SMILES string of the molecule is CN=C(NCCCOC1CCCc2ccccc21)NCc1cc(C(C)C)no1. The summed E-state index contributed by atoms with van der Waals surface area (Å²) >= 11 is 0. The Morgan fingerprint density at radius 1 is 1.32 bits per heavy atom. The number of hydrogen-bond donors (Lipinski definition) is 2. The first-order valence-electron chi connectivity index (χ1n) is 10.3. The number of guanidine groups is 1. The Morgan fingerprint density at radius 3 is 2.96 bits per heavy atom. The number of fused-ring (bicyclic) bond motifs is 1. The quantitative estimate of drug-likeness (QED) is 0.410. The standard InChI is InChI=1S/C22H32N4O2/c1-16(2)20-14-18(28-26-20)15-25-22(23-3)24-12-7-13-27-21-11-6-9-17-8-4-5-10-19(17)21/h4-5,8,10,14,16,21H,6-7,9,11-13,15H2,1-3H3,(H2,23,24,25). The summed E-state index contributed by atoms with van der Waals surface area (Å²) in [5, 5.41) is 10.7. The number of rotatable bonds is 8. The van der Waals surface area contributed by atoms with Crippen LogP contribution in [0.1, 0.15) is 67.7 Å². The third kappa shape index (κ3) is 5.58. The topological polar surface area (TPSA) is 71.7 Å². The van der Waals surface area contributed by atoms with E-state index < -0.39 is 0 Å². The summed E-state index contributed by atoms with van der Waals surface area (Å²) in [5.74, 6) is 1.93. The molecule has 28 heavy (non-hydrogen) atoms. The minimum atomic E-state index is 0.240. The molecule has 1 unspecified atom stereocenters. The van der Waals surface area contributed by atoms with Gasteiger partial charge in [-0.15, -0.1) is 0 Å². The maximum absolute atomic E-state index is 6.16. The monoisotopic (exact) mass is 384 g/mol. The molecule has 1 aliphatic carbocycles. The van der Waals surface area contributed by atoms with Crippen molar-refractivity contribution in [2.75, 3.05) is 20.2 Å². The predicted molar refractivity (Wildman–Crippen MR) is 111 cm³/mol. The van der Waals surface area contributed by atoms with E-state index in [0.29, 0.717) is 12.5 Å². The molecule has 1 aromatic carbocycles. The average molecular weight is 385 g/mol. The maximum Gasteiger partial charge on any atom is 0.191 e. The van der Waals surface area contributed by atoms with Gasteiger partial charge in [-0.1, -0.05) is 43.3 Å². The van der Waals surface area contributed by atoms with Crippen molar-refractivity contribution >= 4 is 5.96 Å². The van der Waals surface area contributed by atoms with E-state index >= 15 is 0 Å². The van der Waals surface area contributed by atoms with E-state index in [0.717, 1.165) is 43.4 Å². The molecule has 1 atom stereocenters.